The Kier molecular flexibility index (Phi) is 4.61. The van der Waals surface area contributed by atoms with Gasteiger partial charge < -0.3 is 14.8 Å². The highest BCUT2D eigenvalue weighted by atomic mass is 16.6. The van der Waals surface area contributed by atoms with Crippen molar-refractivity contribution in [1.29, 1.82) is 0 Å². The Labute approximate surface area is 139 Å². The van der Waals surface area contributed by atoms with Gasteiger partial charge in [0.1, 0.15) is 13.2 Å². The topological polar surface area (TPSA) is 64.6 Å². The minimum Gasteiger partial charge on any atom is -0.486 e. The van der Waals surface area contributed by atoms with Crippen LogP contribution in [0.1, 0.15) is 22.8 Å². The van der Waals surface area contributed by atoms with Gasteiger partial charge in [-0.15, -0.1) is 0 Å². The summed E-state index contributed by atoms with van der Waals surface area (Å²) < 4.78 is 11.1. The van der Waals surface area contributed by atoms with E-state index in [0.717, 1.165) is 5.56 Å². The minimum absolute atomic E-state index is 0.156. The fraction of sp³-hybridized carbons (Fsp3) is 0.158. The second-order valence-electron chi connectivity index (χ2n) is 5.33. The first kappa shape index (κ1) is 15.8. The Balaban J connectivity index is 1.80. The average molecular weight is 323 g/mol. The third-order valence-corrected chi connectivity index (χ3v) is 3.48. The molecule has 1 amide bonds. The van der Waals surface area contributed by atoms with E-state index in [2.05, 4.69) is 5.32 Å². The summed E-state index contributed by atoms with van der Waals surface area (Å²) in [5.74, 6) is 1.00. The Hall–Kier alpha value is -3.08. The van der Waals surface area contributed by atoms with Gasteiger partial charge in [-0.1, -0.05) is 24.3 Å². The first-order chi connectivity index (χ1) is 11.6. The lowest BCUT2D eigenvalue weighted by Crippen LogP contribution is -2.15. The fourth-order valence-corrected chi connectivity index (χ4v) is 2.44. The maximum Gasteiger partial charge on any atom is 0.221 e. The molecule has 0 saturated heterocycles. The maximum atomic E-state index is 12.4. The van der Waals surface area contributed by atoms with Crippen LogP contribution < -0.4 is 14.8 Å². The van der Waals surface area contributed by atoms with Gasteiger partial charge in [-0.25, -0.2) is 0 Å². The summed E-state index contributed by atoms with van der Waals surface area (Å²) in [6.45, 7) is 2.44. The first-order valence-electron chi connectivity index (χ1n) is 7.62. The molecule has 1 aliphatic rings. The Morgan fingerprint density at radius 1 is 1.08 bits per heavy atom. The van der Waals surface area contributed by atoms with E-state index in [4.69, 9.17) is 9.47 Å². The predicted octanol–water partition coefficient (Wildman–Crippen LogP) is 3.31. The molecule has 0 bridgehead atoms. The lowest BCUT2D eigenvalue weighted by Gasteiger charge is -2.19. The molecular formula is C19H17NO4. The summed E-state index contributed by atoms with van der Waals surface area (Å²) >= 11 is 0. The monoisotopic (exact) mass is 323 g/mol. The summed E-state index contributed by atoms with van der Waals surface area (Å²) in [4.78, 5) is 23.5. The molecule has 3 rings (SSSR count). The number of hydrogen-bond acceptors (Lipinski definition) is 4. The highest BCUT2D eigenvalue weighted by Crippen LogP contribution is 2.34. The van der Waals surface area contributed by atoms with E-state index in [1.807, 2.05) is 18.2 Å². The van der Waals surface area contributed by atoms with Gasteiger partial charge in [-0.3, -0.25) is 9.59 Å². The van der Waals surface area contributed by atoms with Crippen molar-refractivity contribution in [3.05, 3.63) is 59.7 Å². The maximum absolute atomic E-state index is 12.4. The lowest BCUT2D eigenvalue weighted by molar-refractivity contribution is -0.114. The molecule has 0 spiro atoms. The quantitative estimate of drug-likeness (QED) is 0.692. The molecule has 1 heterocycles. The standard InChI is InChI=1S/C19H17NO4/c1-13(21)20-16-6-2-5-15(12-16)17(22)9-8-14-4-3-7-18-19(14)24-11-10-23-18/h2-9,12H,10-11H2,1H3,(H,20,21)/b9-8+. The Morgan fingerprint density at radius 3 is 2.71 bits per heavy atom. The number of ether oxygens (including phenoxy) is 2. The van der Waals surface area contributed by atoms with Crippen LogP contribution in [0.4, 0.5) is 5.69 Å². The number of nitrogens with one attached hydrogen (secondary N) is 1. The van der Waals surface area contributed by atoms with Gasteiger partial charge in [0.25, 0.3) is 0 Å². The van der Waals surface area contributed by atoms with Crippen LogP contribution in [-0.4, -0.2) is 24.9 Å². The summed E-state index contributed by atoms with van der Waals surface area (Å²) in [5.41, 5.74) is 1.88. The van der Waals surface area contributed by atoms with Crippen LogP contribution in [0.5, 0.6) is 11.5 Å². The van der Waals surface area contributed by atoms with Crippen molar-refractivity contribution in [2.75, 3.05) is 18.5 Å². The molecule has 1 N–H and O–H groups in total. The summed E-state index contributed by atoms with van der Waals surface area (Å²) in [6.07, 6.45) is 3.20. The molecule has 0 saturated carbocycles. The van der Waals surface area contributed by atoms with Crippen LogP contribution in [0.3, 0.4) is 0 Å². The molecule has 5 heteroatoms. The van der Waals surface area contributed by atoms with E-state index in [-0.39, 0.29) is 11.7 Å². The average Bonchev–Trinajstić information content (AvgIpc) is 2.59. The molecule has 0 radical (unpaired) electrons. The van der Waals surface area contributed by atoms with Crippen molar-refractivity contribution < 1.29 is 19.1 Å². The van der Waals surface area contributed by atoms with Crippen molar-refractivity contribution in [2.24, 2.45) is 0 Å². The molecular weight excluding hydrogens is 306 g/mol. The fourth-order valence-electron chi connectivity index (χ4n) is 2.44. The number of ketones is 1. The normalized spacial score (nSPS) is 12.9. The largest absolute Gasteiger partial charge is 0.486 e. The predicted molar refractivity (Wildman–Crippen MR) is 91.5 cm³/mol. The van der Waals surface area contributed by atoms with Gasteiger partial charge in [-0.05, 0) is 30.4 Å². The SMILES string of the molecule is CC(=O)Nc1cccc(C(=O)/C=C/c2cccc3c2OCCO3)c1. The van der Waals surface area contributed by atoms with Crippen LogP contribution in [0.2, 0.25) is 0 Å². The number of rotatable bonds is 4. The molecule has 24 heavy (non-hydrogen) atoms. The molecule has 2 aromatic rings. The van der Waals surface area contributed by atoms with Gasteiger partial charge in [0.05, 0.1) is 0 Å². The zero-order chi connectivity index (χ0) is 16.9. The molecule has 1 aliphatic heterocycles. The minimum atomic E-state index is -0.178. The molecule has 5 nitrogen and oxygen atoms in total. The number of fused-ring (bicyclic) bond motifs is 1. The number of amides is 1. The summed E-state index contributed by atoms with van der Waals surface area (Å²) in [6, 6.07) is 12.4. The van der Waals surface area contributed by atoms with E-state index in [1.54, 1.807) is 30.3 Å². The van der Waals surface area contributed by atoms with Gasteiger partial charge in [-0.2, -0.15) is 0 Å². The van der Waals surface area contributed by atoms with Crippen LogP contribution in [0, 0.1) is 0 Å². The van der Waals surface area contributed by atoms with E-state index in [0.29, 0.717) is 36.0 Å². The van der Waals surface area contributed by atoms with Gasteiger partial charge in [0.15, 0.2) is 17.3 Å². The zero-order valence-corrected chi connectivity index (χ0v) is 13.2. The Bertz CT molecular complexity index is 811. The van der Waals surface area contributed by atoms with Crippen molar-refractivity contribution >= 4 is 23.5 Å². The zero-order valence-electron chi connectivity index (χ0n) is 13.2. The van der Waals surface area contributed by atoms with Crippen molar-refractivity contribution in [2.45, 2.75) is 6.92 Å². The van der Waals surface area contributed by atoms with E-state index in [9.17, 15) is 9.59 Å². The van der Waals surface area contributed by atoms with Crippen LogP contribution in [0.25, 0.3) is 6.08 Å². The summed E-state index contributed by atoms with van der Waals surface area (Å²) in [5, 5.41) is 2.66. The Morgan fingerprint density at radius 2 is 1.88 bits per heavy atom. The number of carbonyl (C=O) groups excluding carboxylic acids is 2. The smallest absolute Gasteiger partial charge is 0.221 e. The number of hydrogen-bond donors (Lipinski definition) is 1. The van der Waals surface area contributed by atoms with Crippen LogP contribution >= 0.6 is 0 Å². The number of benzene rings is 2. The van der Waals surface area contributed by atoms with Crippen molar-refractivity contribution in [1.82, 2.24) is 0 Å². The molecule has 0 aliphatic carbocycles. The van der Waals surface area contributed by atoms with Gasteiger partial charge >= 0.3 is 0 Å². The highest BCUT2D eigenvalue weighted by molar-refractivity contribution is 6.07. The van der Waals surface area contributed by atoms with Crippen LogP contribution in [0.15, 0.2) is 48.5 Å². The molecule has 0 aromatic heterocycles. The second-order valence-corrected chi connectivity index (χ2v) is 5.33. The molecule has 0 fully saturated rings. The highest BCUT2D eigenvalue weighted by Gasteiger charge is 2.14. The lowest BCUT2D eigenvalue weighted by atomic mass is 10.1. The number of allylic oxidation sites excluding steroid dienone is 1. The van der Waals surface area contributed by atoms with Gasteiger partial charge in [0, 0.05) is 23.7 Å². The van der Waals surface area contributed by atoms with Gasteiger partial charge in [0.2, 0.25) is 5.91 Å². The third-order valence-electron chi connectivity index (χ3n) is 3.48. The van der Waals surface area contributed by atoms with Crippen LogP contribution in [-0.2, 0) is 4.79 Å². The first-order valence-corrected chi connectivity index (χ1v) is 7.62. The summed E-state index contributed by atoms with van der Waals surface area (Å²) in [7, 11) is 0. The second kappa shape index (κ2) is 7.00. The van der Waals surface area contributed by atoms with E-state index < -0.39 is 0 Å². The van der Waals surface area contributed by atoms with Crippen molar-refractivity contribution in [3.8, 4) is 11.5 Å². The molecule has 0 unspecified atom stereocenters. The van der Waals surface area contributed by atoms with Crippen molar-refractivity contribution in [3.63, 3.8) is 0 Å². The molecule has 122 valence electrons. The number of anilines is 1. The number of para-hydroxylation sites is 1. The van der Waals surface area contributed by atoms with E-state index >= 15 is 0 Å². The van der Waals surface area contributed by atoms with E-state index in [1.165, 1.54) is 13.0 Å². The molecule has 2 aromatic carbocycles. The molecule has 0 atom stereocenters. The third kappa shape index (κ3) is 3.63. The number of carbonyl (C=O) groups is 2.